The number of hydrogen-bond acceptors (Lipinski definition) is 3. The minimum atomic E-state index is -1.07. The second kappa shape index (κ2) is 8.12. The van der Waals surface area contributed by atoms with Crippen molar-refractivity contribution in [2.75, 3.05) is 0 Å². The molecule has 5 rings (SSSR count). The molecule has 0 bridgehead atoms. The maximum absolute atomic E-state index is 13.4. The van der Waals surface area contributed by atoms with E-state index in [1.807, 2.05) is 91.0 Å². The zero-order valence-electron chi connectivity index (χ0n) is 17.2. The van der Waals surface area contributed by atoms with E-state index in [0.717, 1.165) is 16.3 Å². The zero-order chi connectivity index (χ0) is 22.1. The second-order valence-electron chi connectivity index (χ2n) is 7.77. The fourth-order valence-electron chi connectivity index (χ4n) is 4.12. The monoisotopic (exact) mass is 420 g/mol. The van der Waals surface area contributed by atoms with Gasteiger partial charge in [0.05, 0.1) is 16.6 Å². The molecule has 1 atom stereocenters. The molecule has 0 fully saturated rings. The number of fused-ring (bicyclic) bond motifs is 3. The predicted molar refractivity (Wildman–Crippen MR) is 126 cm³/mol. The third-order valence-electron chi connectivity index (χ3n) is 5.67. The first-order valence-corrected chi connectivity index (χ1v) is 10.4. The van der Waals surface area contributed by atoms with E-state index in [4.69, 9.17) is 0 Å². The van der Waals surface area contributed by atoms with Crippen molar-refractivity contribution in [3.05, 3.63) is 102 Å². The Hall–Kier alpha value is -4.25. The molecule has 5 heteroatoms. The summed E-state index contributed by atoms with van der Waals surface area (Å²) in [5, 5.41) is 16.1. The summed E-state index contributed by atoms with van der Waals surface area (Å²) in [4.78, 5) is 30.1. The molecule has 0 aliphatic rings. The molecule has 156 valence electrons. The molecular weight excluding hydrogens is 400 g/mol. The SMILES string of the molecule is O=C(N[C@@H](Cc1ccc2ccccc2c1)C(=O)O)c1c2ccccc2nc2ccccc12. The number of carboxylic acids is 1. The molecule has 4 aromatic carbocycles. The number of nitrogens with zero attached hydrogens (tertiary/aromatic N) is 1. The number of carbonyl (C=O) groups is 2. The molecule has 0 saturated heterocycles. The maximum atomic E-state index is 13.4. The number of carboxylic acid groups (broad SMARTS) is 1. The topological polar surface area (TPSA) is 79.3 Å². The van der Waals surface area contributed by atoms with Crippen LogP contribution in [0.3, 0.4) is 0 Å². The van der Waals surface area contributed by atoms with Crippen molar-refractivity contribution in [3.63, 3.8) is 0 Å². The quantitative estimate of drug-likeness (QED) is 0.394. The highest BCUT2D eigenvalue weighted by atomic mass is 16.4. The predicted octanol–water partition coefficient (Wildman–Crippen LogP) is 4.97. The number of carbonyl (C=O) groups excluding carboxylic acids is 1. The molecule has 1 heterocycles. The van der Waals surface area contributed by atoms with Crippen molar-refractivity contribution in [1.82, 2.24) is 10.3 Å². The molecule has 1 aromatic heterocycles. The molecule has 2 N–H and O–H groups in total. The van der Waals surface area contributed by atoms with Crippen molar-refractivity contribution in [1.29, 1.82) is 0 Å². The molecule has 0 unspecified atom stereocenters. The van der Waals surface area contributed by atoms with Gasteiger partial charge < -0.3 is 10.4 Å². The summed E-state index contributed by atoms with van der Waals surface area (Å²) in [6.45, 7) is 0. The Morgan fingerprint density at radius 2 is 1.38 bits per heavy atom. The highest BCUT2D eigenvalue weighted by Gasteiger charge is 2.24. The zero-order valence-corrected chi connectivity index (χ0v) is 17.2. The van der Waals surface area contributed by atoms with Crippen LogP contribution in [0.2, 0.25) is 0 Å². The average Bonchev–Trinajstić information content (AvgIpc) is 2.81. The normalized spacial score (nSPS) is 12.1. The Morgan fingerprint density at radius 3 is 2.03 bits per heavy atom. The van der Waals surface area contributed by atoms with Crippen LogP contribution in [0.1, 0.15) is 15.9 Å². The Labute approximate surface area is 184 Å². The van der Waals surface area contributed by atoms with Crippen LogP contribution in [0.15, 0.2) is 91.0 Å². The Bertz CT molecular complexity index is 1440. The number of aromatic nitrogens is 1. The number of amides is 1. The van der Waals surface area contributed by atoms with Gasteiger partial charge in [-0.25, -0.2) is 9.78 Å². The highest BCUT2D eigenvalue weighted by Crippen LogP contribution is 2.26. The third-order valence-corrected chi connectivity index (χ3v) is 5.67. The lowest BCUT2D eigenvalue weighted by atomic mass is 9.99. The summed E-state index contributed by atoms with van der Waals surface area (Å²) < 4.78 is 0. The van der Waals surface area contributed by atoms with Crippen LogP contribution in [-0.2, 0) is 11.2 Å². The summed E-state index contributed by atoms with van der Waals surface area (Å²) >= 11 is 0. The number of hydrogen-bond donors (Lipinski definition) is 2. The van der Waals surface area contributed by atoms with Gasteiger partial charge in [0, 0.05) is 17.2 Å². The largest absolute Gasteiger partial charge is 0.480 e. The van der Waals surface area contributed by atoms with Crippen LogP contribution in [0.4, 0.5) is 0 Å². The standard InChI is InChI=1S/C27H20N2O3/c30-26(25-20-9-3-5-11-22(20)28-23-12-6-4-10-21(23)25)29-24(27(31)32)16-17-13-14-18-7-1-2-8-19(18)15-17/h1-15,24H,16H2,(H,29,30)(H,31,32)/t24-/m0/s1. The van der Waals surface area contributed by atoms with Gasteiger partial charge in [-0.15, -0.1) is 0 Å². The van der Waals surface area contributed by atoms with Gasteiger partial charge in [0.25, 0.3) is 5.91 Å². The van der Waals surface area contributed by atoms with E-state index >= 15 is 0 Å². The Morgan fingerprint density at radius 1 is 0.781 bits per heavy atom. The average molecular weight is 420 g/mol. The fourth-order valence-corrected chi connectivity index (χ4v) is 4.12. The van der Waals surface area contributed by atoms with E-state index in [0.29, 0.717) is 27.4 Å². The van der Waals surface area contributed by atoms with E-state index in [-0.39, 0.29) is 6.42 Å². The lowest BCUT2D eigenvalue weighted by Gasteiger charge is -2.17. The summed E-state index contributed by atoms with van der Waals surface area (Å²) in [6.07, 6.45) is 0.187. The Kier molecular flexibility index (Phi) is 5.00. The van der Waals surface area contributed by atoms with Gasteiger partial charge in [0.1, 0.15) is 6.04 Å². The molecule has 5 nitrogen and oxygen atoms in total. The van der Waals surface area contributed by atoms with Crippen LogP contribution in [0.5, 0.6) is 0 Å². The number of benzene rings is 4. The van der Waals surface area contributed by atoms with Crippen LogP contribution in [0, 0.1) is 0 Å². The smallest absolute Gasteiger partial charge is 0.326 e. The number of para-hydroxylation sites is 2. The first-order valence-electron chi connectivity index (χ1n) is 10.4. The van der Waals surface area contributed by atoms with Gasteiger partial charge in [0.2, 0.25) is 0 Å². The maximum Gasteiger partial charge on any atom is 0.326 e. The van der Waals surface area contributed by atoms with Crippen molar-refractivity contribution in [3.8, 4) is 0 Å². The number of aliphatic carboxylic acids is 1. The van der Waals surface area contributed by atoms with E-state index in [1.165, 1.54) is 0 Å². The third kappa shape index (κ3) is 3.65. The molecule has 0 saturated carbocycles. The van der Waals surface area contributed by atoms with Gasteiger partial charge in [0.15, 0.2) is 0 Å². The van der Waals surface area contributed by atoms with Crippen LogP contribution >= 0.6 is 0 Å². The molecule has 0 spiro atoms. The molecule has 32 heavy (non-hydrogen) atoms. The van der Waals surface area contributed by atoms with E-state index < -0.39 is 17.9 Å². The molecular formula is C27H20N2O3. The lowest BCUT2D eigenvalue weighted by Crippen LogP contribution is -2.42. The van der Waals surface area contributed by atoms with Gasteiger partial charge in [-0.3, -0.25) is 4.79 Å². The van der Waals surface area contributed by atoms with Gasteiger partial charge >= 0.3 is 5.97 Å². The summed E-state index contributed by atoms with van der Waals surface area (Å²) in [7, 11) is 0. The fraction of sp³-hybridized carbons (Fsp3) is 0.0741. The van der Waals surface area contributed by atoms with Crippen molar-refractivity contribution >= 4 is 44.5 Å². The highest BCUT2D eigenvalue weighted by molar-refractivity contribution is 6.16. The molecule has 0 radical (unpaired) electrons. The van der Waals surface area contributed by atoms with E-state index in [9.17, 15) is 14.7 Å². The summed E-state index contributed by atoms with van der Waals surface area (Å²) in [5.74, 6) is -1.50. The summed E-state index contributed by atoms with van der Waals surface area (Å²) in [6, 6.07) is 27.5. The van der Waals surface area contributed by atoms with Crippen LogP contribution in [0.25, 0.3) is 32.6 Å². The van der Waals surface area contributed by atoms with E-state index in [1.54, 1.807) is 0 Å². The van der Waals surface area contributed by atoms with Crippen LogP contribution < -0.4 is 5.32 Å². The van der Waals surface area contributed by atoms with Crippen molar-refractivity contribution in [2.24, 2.45) is 0 Å². The van der Waals surface area contributed by atoms with Crippen molar-refractivity contribution < 1.29 is 14.7 Å². The minimum Gasteiger partial charge on any atom is -0.480 e. The number of nitrogens with one attached hydrogen (secondary N) is 1. The minimum absolute atomic E-state index is 0.187. The molecule has 1 amide bonds. The molecule has 0 aliphatic heterocycles. The van der Waals surface area contributed by atoms with Gasteiger partial charge in [-0.1, -0.05) is 78.9 Å². The first-order chi connectivity index (χ1) is 15.6. The van der Waals surface area contributed by atoms with Gasteiger partial charge in [-0.2, -0.15) is 0 Å². The van der Waals surface area contributed by atoms with Crippen LogP contribution in [-0.4, -0.2) is 28.0 Å². The lowest BCUT2D eigenvalue weighted by molar-refractivity contribution is -0.139. The van der Waals surface area contributed by atoms with Gasteiger partial charge in [-0.05, 0) is 28.5 Å². The number of rotatable bonds is 5. The Balaban J connectivity index is 1.51. The van der Waals surface area contributed by atoms with Crippen molar-refractivity contribution in [2.45, 2.75) is 12.5 Å². The first kappa shape index (κ1) is 19.7. The molecule has 0 aliphatic carbocycles. The molecule has 5 aromatic rings. The summed E-state index contributed by atoms with van der Waals surface area (Å²) in [5.41, 5.74) is 2.67. The second-order valence-corrected chi connectivity index (χ2v) is 7.77. The number of pyridine rings is 1. The van der Waals surface area contributed by atoms with E-state index in [2.05, 4.69) is 10.3 Å².